The highest BCUT2D eigenvalue weighted by atomic mass is 35.5. The van der Waals surface area contributed by atoms with E-state index in [2.05, 4.69) is 15.0 Å². The van der Waals surface area contributed by atoms with Gasteiger partial charge < -0.3 is 29.9 Å². The topological polar surface area (TPSA) is 206 Å². The molecule has 0 aliphatic heterocycles. The van der Waals surface area contributed by atoms with Gasteiger partial charge in [0.05, 0.1) is 0 Å². The minimum atomic E-state index is -1.27. The molecule has 3 aromatic rings. The molecule has 18 heteroatoms. The first-order valence-corrected chi connectivity index (χ1v) is 12.8. The van der Waals surface area contributed by atoms with Crippen LogP contribution in [0.15, 0.2) is 56.0 Å². The Morgan fingerprint density at radius 3 is 1.30 bits per heavy atom. The zero-order valence-electron chi connectivity index (χ0n) is 17.6. The van der Waals surface area contributed by atoms with Crippen molar-refractivity contribution in [3.8, 4) is 23.5 Å². The molecule has 4 N–H and O–H groups in total. The minimum absolute atomic E-state index is 0.0573. The first-order chi connectivity index (χ1) is 17.5. The summed E-state index contributed by atoms with van der Waals surface area (Å²) in [5.41, 5.74) is 0. The molecule has 0 spiro atoms. The van der Waals surface area contributed by atoms with Gasteiger partial charge in [-0.05, 0) is 95.0 Å². The first kappa shape index (κ1) is 28.2. The van der Waals surface area contributed by atoms with Crippen LogP contribution in [0.25, 0.3) is 0 Å². The van der Waals surface area contributed by atoms with Gasteiger partial charge in [-0.1, -0.05) is 0 Å². The summed E-state index contributed by atoms with van der Waals surface area (Å²) in [7, 11) is 0. The summed E-state index contributed by atoms with van der Waals surface area (Å²) < 4.78 is 11.0. The highest BCUT2D eigenvalue weighted by molar-refractivity contribution is 8.16. The van der Waals surface area contributed by atoms with Crippen molar-refractivity contribution in [2.24, 2.45) is 0 Å². The SMILES string of the molecule is O=C(O)Sc1ccc(Oc2nc(Cl)nc(Oc3ccc(SC(=O)O)c(SC(=O)O)c3)n2)cc1SC(=O)O. The van der Waals surface area contributed by atoms with Crippen LogP contribution in [0.2, 0.25) is 5.28 Å². The molecule has 1 aromatic heterocycles. The largest absolute Gasteiger partial charge is 0.473 e. The number of carboxylic acid groups (broad SMARTS) is 4. The summed E-state index contributed by atoms with van der Waals surface area (Å²) in [5.74, 6) is 0.115. The summed E-state index contributed by atoms with van der Waals surface area (Å²) >= 11 is 7.52. The molecule has 2 aromatic carbocycles. The van der Waals surface area contributed by atoms with Crippen LogP contribution in [0.4, 0.5) is 19.2 Å². The fourth-order valence-electron chi connectivity index (χ4n) is 2.42. The average molecular weight is 604 g/mol. The zero-order valence-corrected chi connectivity index (χ0v) is 21.6. The Labute approximate surface area is 228 Å². The Bertz CT molecular complexity index is 1290. The van der Waals surface area contributed by atoms with Crippen molar-refractivity contribution >= 4 is 79.9 Å². The molecular weight excluding hydrogens is 594 g/mol. The number of hydrogen-bond donors (Lipinski definition) is 4. The maximum Gasteiger partial charge on any atom is 0.369 e. The van der Waals surface area contributed by atoms with Crippen molar-refractivity contribution in [2.45, 2.75) is 19.6 Å². The average Bonchev–Trinajstić information content (AvgIpc) is 2.75. The molecule has 0 aliphatic rings. The Balaban J connectivity index is 1.86. The number of rotatable bonds is 8. The quantitative estimate of drug-likeness (QED) is 0.188. The minimum Gasteiger partial charge on any atom is -0.473 e. The molecule has 192 valence electrons. The van der Waals surface area contributed by atoms with E-state index in [1.807, 2.05) is 0 Å². The highest BCUT2D eigenvalue weighted by Crippen LogP contribution is 2.37. The Kier molecular flexibility index (Phi) is 9.70. The third-order valence-electron chi connectivity index (χ3n) is 3.60. The molecule has 0 amide bonds. The second kappa shape index (κ2) is 12.7. The molecule has 13 nitrogen and oxygen atoms in total. The summed E-state index contributed by atoms with van der Waals surface area (Å²) in [4.78, 5) is 56.4. The van der Waals surface area contributed by atoms with Gasteiger partial charge in [0.2, 0.25) is 5.28 Å². The van der Waals surface area contributed by atoms with E-state index in [0.717, 1.165) is 0 Å². The number of ether oxygens (including phenoxy) is 2. The third kappa shape index (κ3) is 8.90. The number of halogens is 1. The molecule has 0 aliphatic carbocycles. The number of thioether (sulfide) groups is 4. The van der Waals surface area contributed by atoms with Crippen molar-refractivity contribution in [1.29, 1.82) is 0 Å². The van der Waals surface area contributed by atoms with E-state index in [-0.39, 0.29) is 48.4 Å². The van der Waals surface area contributed by atoms with Gasteiger partial charge in [0.15, 0.2) is 0 Å². The Morgan fingerprint density at radius 1 is 0.595 bits per heavy atom. The van der Waals surface area contributed by atoms with E-state index < -0.39 is 21.2 Å². The van der Waals surface area contributed by atoms with Crippen molar-refractivity contribution in [3.05, 3.63) is 41.7 Å². The standard InChI is InChI=1S/C19H10ClN3O10S4/c20-13-21-14(32-7-1-3-9(34-16(24)25)11(5-7)36-18(28)29)23-15(22-13)33-8-2-4-10(35-17(26)27)12(6-8)37-19(30)31/h1-6H,(H,24,25)(H,26,27)(H,28,29)(H,30,31). The van der Waals surface area contributed by atoms with Crippen LogP contribution in [-0.4, -0.2) is 56.6 Å². The van der Waals surface area contributed by atoms with Crippen LogP contribution in [-0.2, 0) is 0 Å². The lowest BCUT2D eigenvalue weighted by Crippen LogP contribution is -1.99. The molecule has 0 unspecified atom stereocenters. The second-order valence-electron chi connectivity index (χ2n) is 6.06. The Hall–Kier alpha value is -3.38. The summed E-state index contributed by atoms with van der Waals surface area (Å²) in [6.07, 6.45) is 0. The van der Waals surface area contributed by atoms with E-state index in [1.54, 1.807) is 0 Å². The van der Waals surface area contributed by atoms with Crippen molar-refractivity contribution in [1.82, 2.24) is 15.0 Å². The van der Waals surface area contributed by atoms with Crippen molar-refractivity contribution in [2.75, 3.05) is 0 Å². The van der Waals surface area contributed by atoms with Gasteiger partial charge in [-0.3, -0.25) is 0 Å². The monoisotopic (exact) mass is 603 g/mol. The number of nitrogens with zero attached hydrogens (tertiary/aromatic N) is 3. The van der Waals surface area contributed by atoms with Gasteiger partial charge in [0.1, 0.15) is 11.5 Å². The van der Waals surface area contributed by atoms with E-state index in [0.29, 0.717) is 47.0 Å². The van der Waals surface area contributed by atoms with Crippen LogP contribution >= 0.6 is 58.6 Å². The summed E-state index contributed by atoms with van der Waals surface area (Å²) in [5, 5.41) is 30.8. The molecule has 0 atom stereocenters. The molecule has 0 bridgehead atoms. The number of carbonyl (C=O) groups is 4. The van der Waals surface area contributed by atoms with Crippen LogP contribution in [0.5, 0.6) is 23.5 Å². The molecule has 3 rings (SSSR count). The lowest BCUT2D eigenvalue weighted by molar-refractivity contribution is 0.221. The van der Waals surface area contributed by atoms with Gasteiger partial charge >= 0.3 is 33.2 Å². The van der Waals surface area contributed by atoms with Gasteiger partial charge in [-0.2, -0.15) is 9.97 Å². The van der Waals surface area contributed by atoms with E-state index >= 15 is 0 Å². The molecule has 1 heterocycles. The maximum absolute atomic E-state index is 11.1. The summed E-state index contributed by atoms with van der Waals surface area (Å²) in [6.45, 7) is 0. The zero-order chi connectivity index (χ0) is 27.1. The molecule has 0 fully saturated rings. The van der Waals surface area contributed by atoms with Crippen LogP contribution in [0, 0.1) is 0 Å². The van der Waals surface area contributed by atoms with Gasteiger partial charge in [-0.25, -0.2) is 19.2 Å². The van der Waals surface area contributed by atoms with Crippen molar-refractivity contribution < 1.29 is 49.1 Å². The molecule has 0 saturated heterocycles. The van der Waals surface area contributed by atoms with Gasteiger partial charge in [0, 0.05) is 19.6 Å². The smallest absolute Gasteiger partial charge is 0.369 e. The van der Waals surface area contributed by atoms with Gasteiger partial charge in [0.25, 0.3) is 0 Å². The van der Waals surface area contributed by atoms with E-state index in [4.69, 9.17) is 41.5 Å². The molecular formula is C19H10ClN3O10S4. The molecule has 0 saturated carbocycles. The highest BCUT2D eigenvalue weighted by Gasteiger charge is 2.17. The van der Waals surface area contributed by atoms with Crippen LogP contribution in [0.3, 0.4) is 0 Å². The normalized spacial score (nSPS) is 10.5. The number of hydrogen-bond acceptors (Lipinski definition) is 13. The van der Waals surface area contributed by atoms with Crippen LogP contribution in [0.1, 0.15) is 0 Å². The third-order valence-corrected chi connectivity index (χ3v) is 7.00. The van der Waals surface area contributed by atoms with E-state index in [1.165, 1.54) is 36.4 Å². The number of benzene rings is 2. The Morgan fingerprint density at radius 2 is 0.946 bits per heavy atom. The molecule has 37 heavy (non-hydrogen) atoms. The van der Waals surface area contributed by atoms with E-state index in [9.17, 15) is 19.2 Å². The van der Waals surface area contributed by atoms with Crippen LogP contribution < -0.4 is 9.47 Å². The predicted molar refractivity (Wildman–Crippen MR) is 133 cm³/mol. The number of aromatic nitrogens is 3. The lowest BCUT2D eigenvalue weighted by Gasteiger charge is -2.10. The first-order valence-electron chi connectivity index (χ1n) is 9.17. The fraction of sp³-hybridized carbons (Fsp3) is 0. The molecule has 0 radical (unpaired) electrons. The predicted octanol–water partition coefficient (Wildman–Crippen LogP) is 7.19. The second-order valence-corrected chi connectivity index (χ2v) is 10.4. The fourth-order valence-corrected chi connectivity index (χ4v) is 5.10. The van der Waals surface area contributed by atoms with Gasteiger partial charge in [-0.15, -0.1) is 4.98 Å². The lowest BCUT2D eigenvalue weighted by atomic mass is 10.3. The summed E-state index contributed by atoms with van der Waals surface area (Å²) in [6, 6.07) is 7.27. The maximum atomic E-state index is 11.1. The van der Waals surface area contributed by atoms with Crippen molar-refractivity contribution in [3.63, 3.8) is 0 Å².